The Kier molecular flexibility index (Phi) is 7.96. The Bertz CT molecular complexity index is 659. The minimum absolute atomic E-state index is 0.0208. The first-order valence-electron chi connectivity index (χ1n) is 10.8. The highest BCUT2D eigenvalue weighted by atomic mass is 35.5. The quantitative estimate of drug-likeness (QED) is 0.268. The molecule has 2 nitrogen and oxygen atoms in total. The number of halogens is 2. The van der Waals surface area contributed by atoms with Crippen molar-refractivity contribution in [2.45, 2.75) is 76.7 Å². The van der Waals surface area contributed by atoms with E-state index in [2.05, 4.69) is 6.58 Å². The van der Waals surface area contributed by atoms with Crippen molar-refractivity contribution in [3.05, 3.63) is 47.3 Å². The van der Waals surface area contributed by atoms with Crippen LogP contribution in [0.3, 0.4) is 0 Å². The topological polar surface area (TPSA) is 26.3 Å². The molecular formula is C24H32ClFO2. The fourth-order valence-corrected chi connectivity index (χ4v) is 5.14. The van der Waals surface area contributed by atoms with E-state index in [0.29, 0.717) is 0 Å². The second-order valence-electron chi connectivity index (χ2n) is 8.57. The Morgan fingerprint density at radius 3 is 2.36 bits per heavy atom. The summed E-state index contributed by atoms with van der Waals surface area (Å²) < 4.78 is 19.2. The van der Waals surface area contributed by atoms with Gasteiger partial charge in [0.2, 0.25) is 0 Å². The molecule has 0 radical (unpaired) electrons. The summed E-state index contributed by atoms with van der Waals surface area (Å²) >= 11 is 5.68. The Labute approximate surface area is 173 Å². The summed E-state index contributed by atoms with van der Waals surface area (Å²) in [4.78, 5) is 12.3. The van der Waals surface area contributed by atoms with E-state index < -0.39 is 11.8 Å². The second kappa shape index (κ2) is 10.4. The summed E-state index contributed by atoms with van der Waals surface area (Å²) in [6.45, 7) is 3.81. The zero-order valence-corrected chi connectivity index (χ0v) is 17.4. The summed E-state index contributed by atoms with van der Waals surface area (Å²) in [5.41, 5.74) is 0.235. The number of ether oxygens (including phenoxy) is 1. The van der Waals surface area contributed by atoms with Crippen LogP contribution in [-0.4, -0.2) is 12.1 Å². The van der Waals surface area contributed by atoms with Crippen LogP contribution in [0.4, 0.5) is 4.39 Å². The third-order valence-electron chi connectivity index (χ3n) is 6.73. The molecule has 0 bridgehead atoms. The maximum atomic E-state index is 13.5. The number of carbonyl (C=O) groups is 1. The summed E-state index contributed by atoms with van der Waals surface area (Å²) in [5.74, 6) is 1.50. The van der Waals surface area contributed by atoms with Gasteiger partial charge in [0.15, 0.2) is 0 Å². The maximum Gasteiger partial charge on any atom is 0.338 e. The van der Waals surface area contributed by atoms with Gasteiger partial charge in [-0.15, -0.1) is 6.58 Å². The van der Waals surface area contributed by atoms with E-state index >= 15 is 0 Å². The monoisotopic (exact) mass is 406 g/mol. The SMILES string of the molecule is C=CCCC[C@H]1CC[C@H](C2CCC(OC(=O)c3ccc(Cl)c(F)c3)CC2)CC1. The van der Waals surface area contributed by atoms with Crippen molar-refractivity contribution in [3.8, 4) is 0 Å². The molecule has 4 heteroatoms. The molecule has 0 heterocycles. The number of benzene rings is 1. The zero-order chi connectivity index (χ0) is 19.9. The van der Waals surface area contributed by atoms with Crippen molar-refractivity contribution >= 4 is 17.6 Å². The zero-order valence-electron chi connectivity index (χ0n) is 16.7. The van der Waals surface area contributed by atoms with E-state index in [0.717, 1.165) is 55.9 Å². The van der Waals surface area contributed by atoms with Crippen molar-refractivity contribution in [2.24, 2.45) is 17.8 Å². The average molecular weight is 407 g/mol. The van der Waals surface area contributed by atoms with E-state index in [-0.39, 0.29) is 16.7 Å². The van der Waals surface area contributed by atoms with Crippen LogP contribution in [-0.2, 0) is 4.74 Å². The number of unbranched alkanes of at least 4 members (excludes halogenated alkanes) is 1. The molecule has 0 saturated heterocycles. The van der Waals surface area contributed by atoms with E-state index in [1.807, 2.05) is 6.08 Å². The standard InChI is InChI=1S/C24H32ClFO2/c1-2-3-4-5-17-6-8-18(9-7-17)19-10-13-21(14-11-19)28-24(27)20-12-15-22(25)23(26)16-20/h2,12,15-19,21H,1,3-11,13-14H2/t17-,18-,19?,21?. The molecule has 2 fully saturated rings. The largest absolute Gasteiger partial charge is 0.459 e. The average Bonchev–Trinajstić information content (AvgIpc) is 2.71. The van der Waals surface area contributed by atoms with Gasteiger partial charge in [0.05, 0.1) is 10.6 Å². The van der Waals surface area contributed by atoms with Crippen LogP contribution in [0.15, 0.2) is 30.9 Å². The fraction of sp³-hybridized carbons (Fsp3) is 0.625. The molecule has 0 atom stereocenters. The lowest BCUT2D eigenvalue weighted by Crippen LogP contribution is -2.29. The molecule has 2 saturated carbocycles. The first-order chi connectivity index (χ1) is 13.6. The third-order valence-corrected chi connectivity index (χ3v) is 7.03. The summed E-state index contributed by atoms with van der Waals surface area (Å²) in [6.07, 6.45) is 15.4. The number of rotatable bonds is 7. The number of hydrogen-bond donors (Lipinski definition) is 0. The number of allylic oxidation sites excluding steroid dienone is 1. The number of esters is 1. The smallest absolute Gasteiger partial charge is 0.338 e. The Morgan fingerprint density at radius 2 is 1.75 bits per heavy atom. The van der Waals surface area contributed by atoms with Crippen molar-refractivity contribution in [2.75, 3.05) is 0 Å². The van der Waals surface area contributed by atoms with Crippen LogP contribution >= 0.6 is 11.6 Å². The Morgan fingerprint density at radius 1 is 1.11 bits per heavy atom. The van der Waals surface area contributed by atoms with Gasteiger partial charge in [0, 0.05) is 0 Å². The molecule has 0 spiro atoms. The predicted molar refractivity (Wildman–Crippen MR) is 112 cm³/mol. The molecule has 2 aliphatic rings. The molecule has 3 rings (SSSR count). The highest BCUT2D eigenvalue weighted by Crippen LogP contribution is 2.41. The van der Waals surface area contributed by atoms with Crippen LogP contribution in [0.1, 0.15) is 81.0 Å². The summed E-state index contributed by atoms with van der Waals surface area (Å²) in [5, 5.41) is 0.0208. The molecule has 0 N–H and O–H groups in total. The first-order valence-corrected chi connectivity index (χ1v) is 11.2. The van der Waals surface area contributed by atoms with E-state index in [4.69, 9.17) is 16.3 Å². The van der Waals surface area contributed by atoms with Gasteiger partial charge < -0.3 is 4.74 Å². The molecular weight excluding hydrogens is 375 g/mol. The number of hydrogen-bond acceptors (Lipinski definition) is 2. The van der Waals surface area contributed by atoms with Crippen molar-refractivity contribution in [1.29, 1.82) is 0 Å². The van der Waals surface area contributed by atoms with Gasteiger partial charge in [-0.3, -0.25) is 0 Å². The highest BCUT2D eigenvalue weighted by molar-refractivity contribution is 6.30. The summed E-state index contributed by atoms with van der Waals surface area (Å²) in [7, 11) is 0. The van der Waals surface area contributed by atoms with Crippen LogP contribution in [0, 0.1) is 23.6 Å². The predicted octanol–water partition coefficient (Wildman–Crippen LogP) is 7.36. The van der Waals surface area contributed by atoms with Crippen molar-refractivity contribution in [3.63, 3.8) is 0 Å². The fourth-order valence-electron chi connectivity index (χ4n) is 5.02. The molecule has 0 amide bonds. The van der Waals surface area contributed by atoms with E-state index in [1.165, 1.54) is 50.7 Å². The van der Waals surface area contributed by atoms with E-state index in [1.54, 1.807) is 0 Å². The van der Waals surface area contributed by atoms with Gasteiger partial charge >= 0.3 is 5.97 Å². The molecule has 0 unspecified atom stereocenters. The lowest BCUT2D eigenvalue weighted by atomic mass is 9.70. The molecule has 28 heavy (non-hydrogen) atoms. The maximum absolute atomic E-state index is 13.5. The normalized spacial score (nSPS) is 27.9. The summed E-state index contributed by atoms with van der Waals surface area (Å²) in [6, 6.07) is 4.08. The van der Waals surface area contributed by atoms with Gasteiger partial charge in [0.25, 0.3) is 0 Å². The number of carbonyl (C=O) groups excluding carboxylic acids is 1. The van der Waals surface area contributed by atoms with Crippen LogP contribution in [0.25, 0.3) is 0 Å². The van der Waals surface area contributed by atoms with Gasteiger partial charge in [-0.05, 0) is 87.3 Å². The van der Waals surface area contributed by atoms with Gasteiger partial charge in [-0.25, -0.2) is 9.18 Å². The van der Waals surface area contributed by atoms with Crippen LogP contribution in [0.2, 0.25) is 5.02 Å². The lowest BCUT2D eigenvalue weighted by Gasteiger charge is -2.37. The van der Waals surface area contributed by atoms with Gasteiger partial charge in [0.1, 0.15) is 11.9 Å². The lowest BCUT2D eigenvalue weighted by molar-refractivity contribution is 0.0109. The Hall–Kier alpha value is -1.35. The highest BCUT2D eigenvalue weighted by Gasteiger charge is 2.32. The Balaban J connectivity index is 1.39. The molecule has 0 aromatic heterocycles. The van der Waals surface area contributed by atoms with Crippen molar-refractivity contribution < 1.29 is 13.9 Å². The molecule has 0 aliphatic heterocycles. The second-order valence-corrected chi connectivity index (χ2v) is 8.98. The van der Waals surface area contributed by atoms with Crippen LogP contribution in [0.5, 0.6) is 0 Å². The minimum Gasteiger partial charge on any atom is -0.459 e. The molecule has 1 aromatic carbocycles. The molecule has 1 aromatic rings. The van der Waals surface area contributed by atoms with Crippen LogP contribution < -0.4 is 0 Å². The van der Waals surface area contributed by atoms with Gasteiger partial charge in [-0.1, -0.05) is 36.9 Å². The molecule has 2 aliphatic carbocycles. The first kappa shape index (κ1) is 21.4. The minimum atomic E-state index is -0.583. The third kappa shape index (κ3) is 5.83. The van der Waals surface area contributed by atoms with Gasteiger partial charge in [-0.2, -0.15) is 0 Å². The van der Waals surface area contributed by atoms with Crippen molar-refractivity contribution in [1.82, 2.24) is 0 Å². The molecule has 154 valence electrons. The van der Waals surface area contributed by atoms with E-state index in [9.17, 15) is 9.18 Å².